The van der Waals surface area contributed by atoms with Crippen LogP contribution in [0.5, 0.6) is 0 Å². The molecule has 14 heavy (non-hydrogen) atoms. The summed E-state index contributed by atoms with van der Waals surface area (Å²) >= 11 is 0. The van der Waals surface area contributed by atoms with Crippen LogP contribution in [-0.4, -0.2) is 6.54 Å². The quantitative estimate of drug-likeness (QED) is 0.729. The minimum absolute atomic E-state index is 0.125. The predicted molar refractivity (Wildman–Crippen MR) is 51.1 cm³/mol. The van der Waals surface area contributed by atoms with Crippen molar-refractivity contribution < 1.29 is 8.78 Å². The molecule has 1 fully saturated rings. The molecule has 1 aliphatic heterocycles. The SMILES string of the molecule is Cc1c(F)cc(F)cc1[C@H]1CCCN1. The maximum absolute atomic E-state index is 13.2. The number of rotatable bonds is 1. The maximum Gasteiger partial charge on any atom is 0.129 e. The minimum Gasteiger partial charge on any atom is -0.310 e. The van der Waals surface area contributed by atoms with Crippen molar-refractivity contribution in [2.24, 2.45) is 0 Å². The molecule has 1 nitrogen and oxygen atoms in total. The van der Waals surface area contributed by atoms with E-state index in [1.165, 1.54) is 6.07 Å². The first-order chi connectivity index (χ1) is 6.68. The largest absolute Gasteiger partial charge is 0.310 e. The average molecular weight is 197 g/mol. The van der Waals surface area contributed by atoms with Crippen LogP contribution in [0.15, 0.2) is 12.1 Å². The van der Waals surface area contributed by atoms with Gasteiger partial charge in [-0.1, -0.05) is 0 Å². The summed E-state index contributed by atoms with van der Waals surface area (Å²) in [6.07, 6.45) is 2.03. The molecule has 1 saturated heterocycles. The van der Waals surface area contributed by atoms with Crippen LogP contribution in [0.1, 0.15) is 30.0 Å². The predicted octanol–water partition coefficient (Wildman–Crippen LogP) is 2.70. The van der Waals surface area contributed by atoms with Gasteiger partial charge in [0.05, 0.1) is 0 Å². The molecule has 0 aromatic heterocycles. The van der Waals surface area contributed by atoms with Crippen molar-refractivity contribution in [1.29, 1.82) is 0 Å². The number of hydrogen-bond acceptors (Lipinski definition) is 1. The molecule has 0 amide bonds. The van der Waals surface area contributed by atoms with E-state index in [-0.39, 0.29) is 6.04 Å². The zero-order valence-corrected chi connectivity index (χ0v) is 8.11. The van der Waals surface area contributed by atoms with Crippen LogP contribution in [0.2, 0.25) is 0 Å². The summed E-state index contributed by atoms with van der Waals surface area (Å²) < 4.78 is 26.2. The Hall–Kier alpha value is -0.960. The molecule has 1 aromatic carbocycles. The molecular weight excluding hydrogens is 184 g/mol. The lowest BCUT2D eigenvalue weighted by Crippen LogP contribution is -2.14. The van der Waals surface area contributed by atoms with Gasteiger partial charge in [0.15, 0.2) is 0 Å². The third-order valence-corrected chi connectivity index (χ3v) is 2.78. The smallest absolute Gasteiger partial charge is 0.129 e. The second kappa shape index (κ2) is 3.65. The molecule has 2 rings (SSSR count). The van der Waals surface area contributed by atoms with E-state index in [0.717, 1.165) is 31.0 Å². The zero-order chi connectivity index (χ0) is 10.1. The summed E-state index contributed by atoms with van der Waals surface area (Å²) in [7, 11) is 0. The molecule has 0 unspecified atom stereocenters. The second-order valence-corrected chi connectivity index (χ2v) is 3.75. The van der Waals surface area contributed by atoms with Gasteiger partial charge in [-0.2, -0.15) is 0 Å². The Morgan fingerprint density at radius 2 is 2.14 bits per heavy atom. The van der Waals surface area contributed by atoms with Crippen molar-refractivity contribution in [1.82, 2.24) is 5.32 Å². The van der Waals surface area contributed by atoms with Crippen molar-refractivity contribution in [2.45, 2.75) is 25.8 Å². The van der Waals surface area contributed by atoms with Crippen molar-refractivity contribution in [3.63, 3.8) is 0 Å². The Morgan fingerprint density at radius 3 is 2.79 bits per heavy atom. The average Bonchev–Trinajstić information content (AvgIpc) is 2.63. The van der Waals surface area contributed by atoms with E-state index in [1.54, 1.807) is 6.92 Å². The van der Waals surface area contributed by atoms with Crippen molar-refractivity contribution in [3.05, 3.63) is 34.9 Å². The van der Waals surface area contributed by atoms with Crippen LogP contribution in [-0.2, 0) is 0 Å². The molecule has 1 N–H and O–H groups in total. The van der Waals surface area contributed by atoms with Crippen LogP contribution in [0.25, 0.3) is 0 Å². The molecule has 3 heteroatoms. The normalized spacial score (nSPS) is 21.5. The van der Waals surface area contributed by atoms with E-state index in [1.807, 2.05) is 0 Å². The van der Waals surface area contributed by atoms with Gasteiger partial charge in [-0.15, -0.1) is 0 Å². The van der Waals surface area contributed by atoms with Gasteiger partial charge >= 0.3 is 0 Å². The van der Waals surface area contributed by atoms with Gasteiger partial charge in [0, 0.05) is 12.1 Å². The lowest BCUT2D eigenvalue weighted by molar-refractivity contribution is 0.557. The molecule has 1 aromatic rings. The molecular formula is C11H13F2N. The Labute approximate surface area is 82.1 Å². The fourth-order valence-corrected chi connectivity index (χ4v) is 1.98. The fraction of sp³-hybridized carbons (Fsp3) is 0.455. The Bertz CT molecular complexity index is 343. The highest BCUT2D eigenvalue weighted by Gasteiger charge is 2.20. The van der Waals surface area contributed by atoms with Crippen molar-refractivity contribution >= 4 is 0 Å². The summed E-state index contributed by atoms with van der Waals surface area (Å²) in [5.74, 6) is -0.939. The van der Waals surface area contributed by atoms with Crippen molar-refractivity contribution in [2.75, 3.05) is 6.54 Å². The summed E-state index contributed by atoms with van der Waals surface area (Å²) in [5, 5.41) is 3.23. The molecule has 0 spiro atoms. The molecule has 1 aliphatic rings. The van der Waals surface area contributed by atoms with E-state index in [9.17, 15) is 8.78 Å². The third-order valence-electron chi connectivity index (χ3n) is 2.78. The van der Waals surface area contributed by atoms with E-state index in [0.29, 0.717) is 5.56 Å². The minimum atomic E-state index is -0.489. The maximum atomic E-state index is 13.2. The zero-order valence-electron chi connectivity index (χ0n) is 8.11. The summed E-state index contributed by atoms with van der Waals surface area (Å²) in [6.45, 7) is 2.63. The van der Waals surface area contributed by atoms with Crippen LogP contribution in [0.3, 0.4) is 0 Å². The van der Waals surface area contributed by atoms with E-state index < -0.39 is 11.6 Å². The number of halogens is 2. The van der Waals surface area contributed by atoms with E-state index in [2.05, 4.69) is 5.32 Å². The van der Waals surface area contributed by atoms with Gasteiger partial charge in [-0.25, -0.2) is 8.78 Å². The molecule has 1 atom stereocenters. The first-order valence-electron chi connectivity index (χ1n) is 4.87. The Kier molecular flexibility index (Phi) is 2.50. The number of hydrogen-bond donors (Lipinski definition) is 1. The highest BCUT2D eigenvalue weighted by atomic mass is 19.1. The lowest BCUT2D eigenvalue weighted by atomic mass is 9.99. The Morgan fingerprint density at radius 1 is 1.36 bits per heavy atom. The van der Waals surface area contributed by atoms with E-state index >= 15 is 0 Å². The van der Waals surface area contributed by atoms with Gasteiger partial charge in [0.25, 0.3) is 0 Å². The highest BCUT2D eigenvalue weighted by Crippen LogP contribution is 2.27. The molecule has 76 valence electrons. The first-order valence-corrected chi connectivity index (χ1v) is 4.87. The topological polar surface area (TPSA) is 12.0 Å². The molecule has 0 saturated carbocycles. The summed E-state index contributed by atoms with van der Waals surface area (Å²) in [4.78, 5) is 0. The Balaban J connectivity index is 2.40. The van der Waals surface area contributed by atoms with Crippen LogP contribution in [0, 0.1) is 18.6 Å². The molecule has 0 aliphatic carbocycles. The van der Waals surface area contributed by atoms with Crippen LogP contribution >= 0.6 is 0 Å². The van der Waals surface area contributed by atoms with Crippen LogP contribution < -0.4 is 5.32 Å². The van der Waals surface area contributed by atoms with Gasteiger partial charge in [-0.3, -0.25) is 0 Å². The van der Waals surface area contributed by atoms with Gasteiger partial charge < -0.3 is 5.32 Å². The lowest BCUT2D eigenvalue weighted by Gasteiger charge is -2.14. The first kappa shape index (κ1) is 9.59. The van der Waals surface area contributed by atoms with Gasteiger partial charge in [0.2, 0.25) is 0 Å². The van der Waals surface area contributed by atoms with Gasteiger partial charge in [0.1, 0.15) is 11.6 Å². The second-order valence-electron chi connectivity index (χ2n) is 3.75. The molecule has 0 radical (unpaired) electrons. The molecule has 1 heterocycles. The van der Waals surface area contributed by atoms with Crippen LogP contribution in [0.4, 0.5) is 8.78 Å². The van der Waals surface area contributed by atoms with E-state index in [4.69, 9.17) is 0 Å². The van der Waals surface area contributed by atoms with Crippen molar-refractivity contribution in [3.8, 4) is 0 Å². The highest BCUT2D eigenvalue weighted by molar-refractivity contribution is 5.31. The third kappa shape index (κ3) is 1.64. The van der Waals surface area contributed by atoms with Gasteiger partial charge in [-0.05, 0) is 43.5 Å². The number of benzene rings is 1. The summed E-state index contributed by atoms with van der Waals surface area (Å²) in [6, 6.07) is 2.50. The summed E-state index contributed by atoms with van der Waals surface area (Å²) in [5.41, 5.74) is 1.32. The fourth-order valence-electron chi connectivity index (χ4n) is 1.98. The standard InChI is InChI=1S/C11H13F2N/c1-7-9(11-3-2-4-14-11)5-8(12)6-10(7)13/h5-6,11,14H,2-4H2,1H3/t11-/m1/s1. The molecule has 0 bridgehead atoms. The number of nitrogens with one attached hydrogen (secondary N) is 1. The monoisotopic (exact) mass is 197 g/mol.